The third-order valence-electron chi connectivity index (χ3n) is 2.56. The van der Waals surface area contributed by atoms with Crippen molar-refractivity contribution >= 4 is 23.2 Å². The third-order valence-corrected chi connectivity index (χ3v) is 2.87. The molecule has 0 aliphatic rings. The summed E-state index contributed by atoms with van der Waals surface area (Å²) in [5.41, 5.74) is 1.24. The summed E-state index contributed by atoms with van der Waals surface area (Å²) in [6.07, 6.45) is 5.60. The maximum atomic E-state index is 5.62. The molecule has 4 heteroatoms. The first-order valence-electron chi connectivity index (χ1n) is 6.05. The molecule has 0 radical (unpaired) electrons. The van der Waals surface area contributed by atoms with Gasteiger partial charge >= 0.3 is 0 Å². The summed E-state index contributed by atoms with van der Waals surface area (Å²) < 4.78 is 11.1. The highest BCUT2D eigenvalue weighted by Gasteiger charge is 1.96. The number of ether oxygens (including phenoxy) is 2. The van der Waals surface area contributed by atoms with Crippen molar-refractivity contribution in [3.8, 4) is 11.5 Å². The standard InChI is InChI=1S/C15H18Cl2O2/c1-12(5-3-8-15(16)17)9-10-19-14-7-4-6-13(11-14)18-2/h4,6-9,11H,3,5,10H2,1-2H3. The highest BCUT2D eigenvalue weighted by atomic mass is 35.5. The minimum atomic E-state index is 0.320. The highest BCUT2D eigenvalue weighted by molar-refractivity contribution is 6.55. The van der Waals surface area contributed by atoms with Crippen LogP contribution in [-0.2, 0) is 0 Å². The van der Waals surface area contributed by atoms with Crippen LogP contribution in [0.2, 0.25) is 0 Å². The molecule has 19 heavy (non-hydrogen) atoms. The van der Waals surface area contributed by atoms with Crippen LogP contribution in [0.4, 0.5) is 0 Å². The van der Waals surface area contributed by atoms with Gasteiger partial charge in [0, 0.05) is 6.07 Å². The third kappa shape index (κ3) is 7.14. The lowest BCUT2D eigenvalue weighted by molar-refractivity contribution is 0.355. The second kappa shape index (κ2) is 8.89. The molecule has 0 aliphatic heterocycles. The van der Waals surface area contributed by atoms with Crippen molar-refractivity contribution in [2.24, 2.45) is 0 Å². The smallest absolute Gasteiger partial charge is 0.123 e. The predicted molar refractivity (Wildman–Crippen MR) is 81.3 cm³/mol. The Morgan fingerprint density at radius 1 is 1.21 bits per heavy atom. The van der Waals surface area contributed by atoms with Gasteiger partial charge in [-0.1, -0.05) is 40.9 Å². The average molecular weight is 301 g/mol. The van der Waals surface area contributed by atoms with Crippen LogP contribution in [-0.4, -0.2) is 13.7 Å². The lowest BCUT2D eigenvalue weighted by atomic mass is 10.1. The zero-order valence-corrected chi connectivity index (χ0v) is 12.7. The van der Waals surface area contributed by atoms with E-state index in [0.29, 0.717) is 11.1 Å². The monoisotopic (exact) mass is 300 g/mol. The molecule has 0 fully saturated rings. The lowest BCUT2D eigenvalue weighted by Crippen LogP contribution is -1.95. The van der Waals surface area contributed by atoms with E-state index in [1.165, 1.54) is 5.57 Å². The summed E-state index contributed by atoms with van der Waals surface area (Å²) in [7, 11) is 1.64. The van der Waals surface area contributed by atoms with Gasteiger partial charge < -0.3 is 9.47 Å². The van der Waals surface area contributed by atoms with Gasteiger partial charge in [0.25, 0.3) is 0 Å². The van der Waals surface area contributed by atoms with Gasteiger partial charge in [-0.05, 0) is 38.0 Å². The van der Waals surface area contributed by atoms with Crippen LogP contribution < -0.4 is 9.47 Å². The van der Waals surface area contributed by atoms with Gasteiger partial charge in [-0.25, -0.2) is 0 Å². The minimum absolute atomic E-state index is 0.320. The molecule has 0 atom stereocenters. The Morgan fingerprint density at radius 3 is 2.63 bits per heavy atom. The largest absolute Gasteiger partial charge is 0.497 e. The van der Waals surface area contributed by atoms with Gasteiger partial charge in [0.05, 0.1) is 7.11 Å². The number of rotatable bonds is 7. The van der Waals surface area contributed by atoms with Crippen LogP contribution in [0.25, 0.3) is 0 Å². The molecular weight excluding hydrogens is 283 g/mol. The second-order valence-corrected chi connectivity index (χ2v) is 5.08. The van der Waals surface area contributed by atoms with E-state index in [0.717, 1.165) is 24.3 Å². The van der Waals surface area contributed by atoms with Gasteiger partial charge in [0.1, 0.15) is 22.6 Å². The molecule has 104 valence electrons. The van der Waals surface area contributed by atoms with Crippen LogP contribution in [0.3, 0.4) is 0 Å². The zero-order chi connectivity index (χ0) is 14.1. The van der Waals surface area contributed by atoms with E-state index in [-0.39, 0.29) is 0 Å². The number of allylic oxidation sites excluding steroid dienone is 2. The van der Waals surface area contributed by atoms with Crippen LogP contribution >= 0.6 is 23.2 Å². The zero-order valence-electron chi connectivity index (χ0n) is 11.2. The van der Waals surface area contributed by atoms with Crippen LogP contribution in [0.1, 0.15) is 19.8 Å². The van der Waals surface area contributed by atoms with E-state index in [1.807, 2.05) is 24.3 Å². The summed E-state index contributed by atoms with van der Waals surface area (Å²) >= 11 is 11.1. The van der Waals surface area contributed by atoms with E-state index >= 15 is 0 Å². The molecule has 1 rings (SSSR count). The van der Waals surface area contributed by atoms with E-state index in [2.05, 4.69) is 13.0 Å². The molecule has 0 saturated carbocycles. The Labute approximate surface area is 124 Å². The fourth-order valence-corrected chi connectivity index (χ4v) is 1.70. The molecule has 0 bridgehead atoms. The molecule has 1 aromatic carbocycles. The predicted octanol–water partition coefficient (Wildman–Crippen LogP) is 5.12. The van der Waals surface area contributed by atoms with Crippen molar-refractivity contribution in [2.75, 3.05) is 13.7 Å². The fraction of sp³-hybridized carbons (Fsp3) is 0.333. The van der Waals surface area contributed by atoms with Gasteiger partial charge in [-0.2, -0.15) is 0 Å². The Hall–Kier alpha value is -1.12. The normalized spacial score (nSPS) is 11.1. The topological polar surface area (TPSA) is 18.5 Å². The van der Waals surface area contributed by atoms with Crippen molar-refractivity contribution in [3.05, 3.63) is 46.5 Å². The number of halogens is 2. The van der Waals surface area contributed by atoms with Crippen LogP contribution in [0.5, 0.6) is 11.5 Å². The summed E-state index contributed by atoms with van der Waals surface area (Å²) in [4.78, 5) is 0. The minimum Gasteiger partial charge on any atom is -0.497 e. The Kier molecular flexibility index (Phi) is 7.46. The van der Waals surface area contributed by atoms with Crippen molar-refractivity contribution in [2.45, 2.75) is 19.8 Å². The molecule has 0 amide bonds. The lowest BCUT2D eigenvalue weighted by Gasteiger charge is -2.06. The molecule has 0 aliphatic carbocycles. The summed E-state index contributed by atoms with van der Waals surface area (Å²) in [6.45, 7) is 2.60. The van der Waals surface area contributed by atoms with Crippen molar-refractivity contribution in [3.63, 3.8) is 0 Å². The van der Waals surface area contributed by atoms with Crippen molar-refractivity contribution in [1.29, 1.82) is 0 Å². The average Bonchev–Trinajstić information content (AvgIpc) is 2.38. The molecule has 0 spiro atoms. The maximum Gasteiger partial charge on any atom is 0.123 e. The first kappa shape index (κ1) is 15.9. The Bertz CT molecular complexity index is 449. The van der Waals surface area contributed by atoms with Crippen LogP contribution in [0.15, 0.2) is 46.5 Å². The molecule has 0 aromatic heterocycles. The van der Waals surface area contributed by atoms with Gasteiger partial charge in [-0.15, -0.1) is 0 Å². The molecular formula is C15H18Cl2O2. The van der Waals surface area contributed by atoms with E-state index < -0.39 is 0 Å². The molecule has 0 heterocycles. The molecule has 0 unspecified atom stereocenters. The highest BCUT2D eigenvalue weighted by Crippen LogP contribution is 2.19. The Morgan fingerprint density at radius 2 is 1.95 bits per heavy atom. The van der Waals surface area contributed by atoms with Crippen molar-refractivity contribution in [1.82, 2.24) is 0 Å². The van der Waals surface area contributed by atoms with E-state index in [1.54, 1.807) is 13.2 Å². The molecule has 2 nitrogen and oxygen atoms in total. The van der Waals surface area contributed by atoms with Gasteiger partial charge in [0.2, 0.25) is 0 Å². The fourth-order valence-electron chi connectivity index (χ4n) is 1.48. The molecule has 0 saturated heterocycles. The first-order valence-corrected chi connectivity index (χ1v) is 6.81. The van der Waals surface area contributed by atoms with E-state index in [9.17, 15) is 0 Å². The van der Waals surface area contributed by atoms with Crippen molar-refractivity contribution < 1.29 is 9.47 Å². The van der Waals surface area contributed by atoms with Crippen LogP contribution in [0, 0.1) is 0 Å². The number of hydrogen-bond acceptors (Lipinski definition) is 2. The maximum absolute atomic E-state index is 5.62. The molecule has 1 aromatic rings. The van der Waals surface area contributed by atoms with Gasteiger partial charge in [-0.3, -0.25) is 0 Å². The summed E-state index contributed by atoms with van der Waals surface area (Å²) in [5, 5.41) is 0. The second-order valence-electron chi connectivity index (χ2n) is 4.07. The number of hydrogen-bond donors (Lipinski definition) is 0. The molecule has 0 N–H and O–H groups in total. The number of methoxy groups -OCH3 is 1. The number of benzene rings is 1. The Balaban J connectivity index is 2.37. The summed E-state index contributed by atoms with van der Waals surface area (Å²) in [5.74, 6) is 1.59. The van der Waals surface area contributed by atoms with Gasteiger partial charge in [0.15, 0.2) is 0 Å². The quantitative estimate of drug-likeness (QED) is 0.651. The first-order chi connectivity index (χ1) is 9.11. The SMILES string of the molecule is COc1cccc(OCC=C(C)CCC=C(Cl)Cl)c1. The summed E-state index contributed by atoms with van der Waals surface area (Å²) in [6, 6.07) is 7.55. The van der Waals surface area contributed by atoms with E-state index in [4.69, 9.17) is 32.7 Å².